The van der Waals surface area contributed by atoms with Gasteiger partial charge in [0.25, 0.3) is 0 Å². The molecule has 0 saturated heterocycles. The lowest BCUT2D eigenvalue weighted by Crippen LogP contribution is -2.20. The van der Waals surface area contributed by atoms with Crippen LogP contribution in [0.2, 0.25) is 0 Å². The third-order valence-electron chi connectivity index (χ3n) is 4.20. The van der Waals surface area contributed by atoms with Crippen LogP contribution < -0.4 is 0 Å². The van der Waals surface area contributed by atoms with Crippen LogP contribution in [0.1, 0.15) is 33.3 Å². The van der Waals surface area contributed by atoms with Crippen LogP contribution in [0.15, 0.2) is 42.5 Å². The lowest BCUT2D eigenvalue weighted by molar-refractivity contribution is 0.195. The van der Waals surface area contributed by atoms with Gasteiger partial charge < -0.3 is 18.1 Å². The van der Waals surface area contributed by atoms with Crippen molar-refractivity contribution in [1.82, 2.24) is 0 Å². The summed E-state index contributed by atoms with van der Waals surface area (Å²) in [6.07, 6.45) is 0.194. The molecule has 156 valence electrons. The van der Waals surface area contributed by atoms with Crippen molar-refractivity contribution < 1.29 is 27.2 Å². The summed E-state index contributed by atoms with van der Waals surface area (Å²) in [4.78, 5) is 0. The Kier molecular flexibility index (Phi) is 8.88. The lowest BCUT2D eigenvalue weighted by atomic mass is 10.1. The van der Waals surface area contributed by atoms with E-state index in [4.69, 9.17) is 18.1 Å². The van der Waals surface area contributed by atoms with Crippen molar-refractivity contribution in [1.29, 1.82) is 0 Å². The first-order valence-electron chi connectivity index (χ1n) is 9.67. The molecule has 0 radical (unpaired) electrons. The summed E-state index contributed by atoms with van der Waals surface area (Å²) >= 11 is 0. The summed E-state index contributed by atoms with van der Waals surface area (Å²) in [5, 5.41) is 1.10. The zero-order valence-corrected chi connectivity index (χ0v) is 18.8. The molecule has 0 saturated carbocycles. The first-order valence-corrected chi connectivity index (χ1v) is 12.9. The summed E-state index contributed by atoms with van der Waals surface area (Å²) < 4.78 is 49.3. The summed E-state index contributed by atoms with van der Waals surface area (Å²) in [6.45, 7) is 7.59. The molecule has 0 fully saturated rings. The minimum absolute atomic E-state index is 0.170. The van der Waals surface area contributed by atoms with Gasteiger partial charge in [-0.3, -0.25) is 9.13 Å². The van der Waals surface area contributed by atoms with Crippen LogP contribution in [0.4, 0.5) is 0 Å². The van der Waals surface area contributed by atoms with Gasteiger partial charge in [-0.15, -0.1) is 0 Å². The van der Waals surface area contributed by atoms with Gasteiger partial charge in [0.15, 0.2) is 5.40 Å². The SMILES string of the molecule is CCOP(=O)(OCC)C(Cc1ccc2ccccc2c1)P(=O)(OCC)OCC. The van der Waals surface area contributed by atoms with Crippen LogP contribution in [-0.2, 0) is 33.6 Å². The van der Waals surface area contributed by atoms with E-state index in [9.17, 15) is 9.13 Å². The van der Waals surface area contributed by atoms with Crippen molar-refractivity contribution in [3.05, 3.63) is 48.0 Å². The quantitative estimate of drug-likeness (QED) is 0.373. The van der Waals surface area contributed by atoms with E-state index in [0.29, 0.717) is 0 Å². The van der Waals surface area contributed by atoms with E-state index in [1.54, 1.807) is 27.7 Å². The number of hydrogen-bond acceptors (Lipinski definition) is 6. The molecule has 6 nitrogen and oxygen atoms in total. The fourth-order valence-corrected chi connectivity index (χ4v) is 8.44. The molecular weight excluding hydrogens is 398 g/mol. The summed E-state index contributed by atoms with van der Waals surface area (Å²) in [7, 11) is -7.50. The van der Waals surface area contributed by atoms with E-state index in [-0.39, 0.29) is 32.8 Å². The molecule has 0 amide bonds. The van der Waals surface area contributed by atoms with E-state index in [1.807, 2.05) is 42.5 Å². The average molecular weight is 428 g/mol. The highest BCUT2D eigenvalue weighted by Crippen LogP contribution is 2.71. The fourth-order valence-electron chi connectivity index (χ4n) is 3.11. The highest BCUT2D eigenvalue weighted by molar-refractivity contribution is 7.72. The zero-order valence-electron chi connectivity index (χ0n) is 17.0. The topological polar surface area (TPSA) is 71.1 Å². The van der Waals surface area contributed by atoms with Gasteiger partial charge >= 0.3 is 15.2 Å². The second kappa shape index (κ2) is 10.7. The molecular formula is C20H30O6P2. The summed E-state index contributed by atoms with van der Waals surface area (Å²) in [5.74, 6) is 0. The van der Waals surface area contributed by atoms with Gasteiger partial charge in [-0.1, -0.05) is 42.5 Å². The third kappa shape index (κ3) is 5.54. The number of rotatable bonds is 12. The van der Waals surface area contributed by atoms with Gasteiger partial charge in [0.1, 0.15) is 0 Å². The maximum atomic E-state index is 13.6. The van der Waals surface area contributed by atoms with Gasteiger partial charge in [-0.2, -0.15) is 0 Å². The highest BCUT2D eigenvalue weighted by Gasteiger charge is 2.50. The molecule has 0 aromatic heterocycles. The normalized spacial score (nSPS) is 12.8. The van der Waals surface area contributed by atoms with E-state index in [1.165, 1.54) is 0 Å². The van der Waals surface area contributed by atoms with Crippen LogP contribution in [0.5, 0.6) is 0 Å². The van der Waals surface area contributed by atoms with Gasteiger partial charge in [0, 0.05) is 0 Å². The Labute approximate surface area is 167 Å². The van der Waals surface area contributed by atoms with Gasteiger partial charge in [0.05, 0.1) is 26.4 Å². The van der Waals surface area contributed by atoms with Crippen LogP contribution >= 0.6 is 15.2 Å². The van der Waals surface area contributed by atoms with Crippen molar-refractivity contribution in [3.8, 4) is 0 Å². The van der Waals surface area contributed by atoms with Crippen molar-refractivity contribution in [3.63, 3.8) is 0 Å². The van der Waals surface area contributed by atoms with E-state index >= 15 is 0 Å². The molecule has 0 heterocycles. The Balaban J connectivity index is 2.51. The molecule has 0 atom stereocenters. The standard InChI is InChI=1S/C20H30O6P2/c1-5-23-27(21,24-6-2)20(28(22,25-7-3)26-8-4)16-17-13-14-18-11-9-10-12-19(18)15-17/h9-15,20H,5-8,16H2,1-4H3. The summed E-state index contributed by atoms with van der Waals surface area (Å²) in [6, 6.07) is 13.9. The Morgan fingerprint density at radius 2 is 1.18 bits per heavy atom. The van der Waals surface area contributed by atoms with Crippen LogP contribution in [0.25, 0.3) is 10.8 Å². The van der Waals surface area contributed by atoms with Crippen LogP contribution in [-0.4, -0.2) is 31.8 Å². The predicted molar refractivity (Wildman–Crippen MR) is 113 cm³/mol. The fraction of sp³-hybridized carbons (Fsp3) is 0.500. The molecule has 0 unspecified atom stereocenters. The molecule has 0 spiro atoms. The Bertz CT molecular complexity index is 803. The molecule has 0 aliphatic heterocycles. The number of benzene rings is 2. The largest absolute Gasteiger partial charge is 0.346 e. The van der Waals surface area contributed by atoms with Crippen LogP contribution in [0, 0.1) is 0 Å². The number of fused-ring (bicyclic) bond motifs is 1. The van der Waals surface area contributed by atoms with Crippen molar-refractivity contribution in [2.45, 2.75) is 39.5 Å². The van der Waals surface area contributed by atoms with Gasteiger partial charge in [0.2, 0.25) is 0 Å². The van der Waals surface area contributed by atoms with Crippen molar-refractivity contribution >= 4 is 26.0 Å². The van der Waals surface area contributed by atoms with E-state index in [0.717, 1.165) is 16.3 Å². The molecule has 2 rings (SSSR count). The Morgan fingerprint density at radius 3 is 1.64 bits per heavy atom. The van der Waals surface area contributed by atoms with Crippen molar-refractivity contribution in [2.24, 2.45) is 0 Å². The van der Waals surface area contributed by atoms with Gasteiger partial charge in [-0.05, 0) is 50.5 Å². The molecule has 2 aromatic carbocycles. The molecule has 0 N–H and O–H groups in total. The first kappa shape index (κ1) is 23.3. The second-order valence-corrected chi connectivity index (χ2v) is 11.0. The van der Waals surface area contributed by atoms with Gasteiger partial charge in [-0.25, -0.2) is 0 Å². The average Bonchev–Trinajstić information content (AvgIpc) is 2.66. The zero-order chi connectivity index (χ0) is 20.6. The minimum atomic E-state index is -3.75. The minimum Gasteiger partial charge on any atom is -0.308 e. The molecule has 2 aromatic rings. The predicted octanol–water partition coefficient (Wildman–Crippen LogP) is 6.24. The van der Waals surface area contributed by atoms with Crippen LogP contribution in [0.3, 0.4) is 0 Å². The monoisotopic (exact) mass is 428 g/mol. The highest BCUT2D eigenvalue weighted by atomic mass is 31.2. The molecule has 8 heteroatoms. The second-order valence-electron chi connectivity index (χ2n) is 6.12. The number of hydrogen-bond donors (Lipinski definition) is 0. The van der Waals surface area contributed by atoms with Crippen molar-refractivity contribution in [2.75, 3.05) is 26.4 Å². The maximum absolute atomic E-state index is 13.6. The molecule has 0 aliphatic rings. The smallest absolute Gasteiger partial charge is 0.308 e. The Morgan fingerprint density at radius 1 is 0.714 bits per heavy atom. The third-order valence-corrected chi connectivity index (χ3v) is 10.2. The molecule has 28 heavy (non-hydrogen) atoms. The van der Waals surface area contributed by atoms with E-state index in [2.05, 4.69) is 0 Å². The lowest BCUT2D eigenvalue weighted by Gasteiger charge is -2.31. The Hall–Kier alpha value is -1.00. The summed E-state index contributed by atoms with van der Waals surface area (Å²) in [5.41, 5.74) is 0.864. The van der Waals surface area contributed by atoms with E-state index < -0.39 is 20.6 Å². The maximum Gasteiger partial charge on any atom is 0.346 e. The first-order chi connectivity index (χ1) is 13.4. The molecule has 0 aliphatic carbocycles. The molecule has 0 bridgehead atoms.